The molecule has 1 aromatic carbocycles. The molecule has 1 aromatic heterocycles. The van der Waals surface area contributed by atoms with E-state index < -0.39 is 0 Å². The Hall–Kier alpha value is -0.740. The van der Waals surface area contributed by atoms with Crippen molar-refractivity contribution in [1.29, 1.82) is 0 Å². The summed E-state index contributed by atoms with van der Waals surface area (Å²) in [5.74, 6) is 0.935. The fraction of sp³-hybridized carbons (Fsp3) is 0.267. The molecule has 0 aliphatic rings. The first kappa shape index (κ1) is 15.6. The first-order chi connectivity index (χ1) is 9.66. The minimum Gasteiger partial charge on any atom is -0.309 e. The van der Waals surface area contributed by atoms with Crippen molar-refractivity contribution in [1.82, 2.24) is 10.3 Å². The van der Waals surface area contributed by atoms with E-state index >= 15 is 0 Å². The minimum absolute atomic E-state index is 0.291. The summed E-state index contributed by atoms with van der Waals surface area (Å²) < 4.78 is 0. The second kappa shape index (κ2) is 7.89. The van der Waals surface area contributed by atoms with Crippen LogP contribution in [0.3, 0.4) is 0 Å². The van der Waals surface area contributed by atoms with Gasteiger partial charge < -0.3 is 5.32 Å². The number of hydrogen-bond donors (Lipinski definition) is 1. The smallest absolute Gasteiger partial charge is 0.0542 e. The molecule has 1 heterocycles. The fourth-order valence-electron chi connectivity index (χ4n) is 1.77. The summed E-state index contributed by atoms with van der Waals surface area (Å²) in [6.45, 7) is 3.03. The molecular formula is C15H16Cl2N2S. The van der Waals surface area contributed by atoms with Crippen LogP contribution in [0.15, 0.2) is 47.6 Å². The summed E-state index contributed by atoms with van der Waals surface area (Å²) in [5, 5.41) is 4.93. The lowest BCUT2D eigenvalue weighted by molar-refractivity contribution is 0.599. The highest BCUT2D eigenvalue weighted by Gasteiger charge is 2.05. The third kappa shape index (κ3) is 4.67. The summed E-state index contributed by atoms with van der Waals surface area (Å²) in [6, 6.07) is 9.85. The molecule has 5 heteroatoms. The summed E-state index contributed by atoms with van der Waals surface area (Å²) in [7, 11) is 0. The van der Waals surface area contributed by atoms with E-state index in [-0.39, 0.29) is 0 Å². The number of pyridine rings is 1. The molecule has 0 bridgehead atoms. The van der Waals surface area contributed by atoms with Gasteiger partial charge >= 0.3 is 0 Å². The molecule has 0 spiro atoms. The first-order valence-electron chi connectivity index (χ1n) is 6.38. The van der Waals surface area contributed by atoms with Crippen molar-refractivity contribution < 1.29 is 0 Å². The molecule has 0 aliphatic carbocycles. The fourth-order valence-corrected chi connectivity index (χ4v) is 3.15. The first-order valence-corrected chi connectivity index (χ1v) is 8.12. The molecule has 0 aliphatic heterocycles. The van der Waals surface area contributed by atoms with Crippen LogP contribution in [0.4, 0.5) is 0 Å². The Morgan fingerprint density at radius 2 is 2.15 bits per heavy atom. The Kier molecular flexibility index (Phi) is 6.17. The Morgan fingerprint density at radius 1 is 1.30 bits per heavy atom. The largest absolute Gasteiger partial charge is 0.309 e. The molecule has 20 heavy (non-hydrogen) atoms. The van der Waals surface area contributed by atoms with Crippen molar-refractivity contribution in [2.75, 3.05) is 12.3 Å². The van der Waals surface area contributed by atoms with Gasteiger partial charge in [0, 0.05) is 40.7 Å². The van der Waals surface area contributed by atoms with E-state index in [1.165, 1.54) is 5.56 Å². The second-order valence-corrected chi connectivity index (χ2v) is 6.37. The molecular weight excluding hydrogens is 311 g/mol. The van der Waals surface area contributed by atoms with Gasteiger partial charge in [-0.15, -0.1) is 11.8 Å². The Bertz CT molecular complexity index is 549. The van der Waals surface area contributed by atoms with Gasteiger partial charge in [-0.1, -0.05) is 29.3 Å². The van der Waals surface area contributed by atoms with Gasteiger partial charge in [0.25, 0.3) is 0 Å². The second-order valence-electron chi connectivity index (χ2n) is 4.39. The molecule has 0 amide bonds. The van der Waals surface area contributed by atoms with Gasteiger partial charge in [0.1, 0.15) is 0 Å². The third-order valence-corrected chi connectivity index (χ3v) is 4.62. The van der Waals surface area contributed by atoms with Crippen LogP contribution in [0.5, 0.6) is 0 Å². The summed E-state index contributed by atoms with van der Waals surface area (Å²) in [6.07, 6.45) is 3.67. The van der Waals surface area contributed by atoms with Crippen LogP contribution in [0.25, 0.3) is 0 Å². The summed E-state index contributed by atoms with van der Waals surface area (Å²) >= 11 is 13.8. The van der Waals surface area contributed by atoms with Crippen LogP contribution in [0.2, 0.25) is 10.0 Å². The van der Waals surface area contributed by atoms with Crippen LogP contribution < -0.4 is 5.32 Å². The molecule has 2 rings (SSSR count). The highest BCUT2D eigenvalue weighted by atomic mass is 35.5. The molecule has 2 nitrogen and oxygen atoms in total. The summed E-state index contributed by atoms with van der Waals surface area (Å²) in [5.41, 5.74) is 1.19. The highest BCUT2D eigenvalue weighted by Crippen LogP contribution is 2.29. The lowest BCUT2D eigenvalue weighted by Crippen LogP contribution is -2.21. The van der Waals surface area contributed by atoms with E-state index in [0.29, 0.717) is 11.1 Å². The van der Waals surface area contributed by atoms with Crippen molar-refractivity contribution in [3.63, 3.8) is 0 Å². The van der Waals surface area contributed by atoms with Crippen LogP contribution in [-0.4, -0.2) is 17.3 Å². The van der Waals surface area contributed by atoms with Crippen molar-refractivity contribution in [3.05, 3.63) is 58.3 Å². The van der Waals surface area contributed by atoms with E-state index in [1.54, 1.807) is 24.0 Å². The number of halogens is 2. The number of benzene rings is 1. The molecule has 0 radical (unpaired) electrons. The molecule has 1 atom stereocenters. The number of aromatic nitrogens is 1. The standard InChI is InChI=1S/C15H16Cl2N2S/c1-11(12-3-2-6-18-10-12)19-7-8-20-15-9-13(16)4-5-14(15)17/h2-6,9-11,19H,7-8H2,1H3. The van der Waals surface area contributed by atoms with Gasteiger partial charge in [-0.05, 0) is 36.8 Å². The zero-order chi connectivity index (χ0) is 14.4. The van der Waals surface area contributed by atoms with Gasteiger partial charge in [-0.3, -0.25) is 4.98 Å². The van der Waals surface area contributed by atoms with Gasteiger partial charge in [0.05, 0.1) is 5.02 Å². The van der Waals surface area contributed by atoms with Crippen LogP contribution in [0.1, 0.15) is 18.5 Å². The maximum absolute atomic E-state index is 6.13. The van der Waals surface area contributed by atoms with E-state index in [4.69, 9.17) is 23.2 Å². The zero-order valence-corrected chi connectivity index (χ0v) is 13.5. The van der Waals surface area contributed by atoms with Gasteiger partial charge in [0.15, 0.2) is 0 Å². The topological polar surface area (TPSA) is 24.9 Å². The van der Waals surface area contributed by atoms with E-state index in [0.717, 1.165) is 22.2 Å². The SMILES string of the molecule is CC(NCCSc1cc(Cl)ccc1Cl)c1cccnc1. The summed E-state index contributed by atoms with van der Waals surface area (Å²) in [4.78, 5) is 5.15. The van der Waals surface area contributed by atoms with Crippen molar-refractivity contribution in [2.24, 2.45) is 0 Å². The predicted molar refractivity (Wildman–Crippen MR) is 87.8 cm³/mol. The lowest BCUT2D eigenvalue weighted by Gasteiger charge is -2.13. The highest BCUT2D eigenvalue weighted by molar-refractivity contribution is 7.99. The lowest BCUT2D eigenvalue weighted by atomic mass is 10.1. The molecule has 1 unspecified atom stereocenters. The average Bonchev–Trinajstić information content (AvgIpc) is 2.47. The number of rotatable bonds is 6. The Morgan fingerprint density at radius 3 is 2.90 bits per heavy atom. The molecule has 2 aromatic rings. The molecule has 106 valence electrons. The molecule has 0 saturated carbocycles. The van der Waals surface area contributed by atoms with Gasteiger partial charge in [0.2, 0.25) is 0 Å². The van der Waals surface area contributed by atoms with Gasteiger partial charge in [-0.25, -0.2) is 0 Å². The van der Waals surface area contributed by atoms with Crippen molar-refractivity contribution in [3.8, 4) is 0 Å². The molecule has 0 fully saturated rings. The maximum atomic E-state index is 6.13. The van der Waals surface area contributed by atoms with Crippen LogP contribution in [-0.2, 0) is 0 Å². The Balaban J connectivity index is 1.78. The zero-order valence-electron chi connectivity index (χ0n) is 11.1. The molecule has 0 saturated heterocycles. The normalized spacial score (nSPS) is 12.3. The quantitative estimate of drug-likeness (QED) is 0.607. The van der Waals surface area contributed by atoms with Crippen LogP contribution in [0, 0.1) is 0 Å². The number of nitrogens with zero attached hydrogens (tertiary/aromatic N) is 1. The van der Waals surface area contributed by atoms with E-state index in [2.05, 4.69) is 23.3 Å². The third-order valence-electron chi connectivity index (χ3n) is 2.89. The minimum atomic E-state index is 0.291. The number of thioether (sulfide) groups is 1. The van der Waals surface area contributed by atoms with E-state index in [9.17, 15) is 0 Å². The van der Waals surface area contributed by atoms with Crippen molar-refractivity contribution >= 4 is 35.0 Å². The Labute approximate surface area is 133 Å². The maximum Gasteiger partial charge on any atom is 0.0542 e. The van der Waals surface area contributed by atoms with Crippen molar-refractivity contribution in [2.45, 2.75) is 17.9 Å². The monoisotopic (exact) mass is 326 g/mol. The number of hydrogen-bond acceptors (Lipinski definition) is 3. The predicted octanol–water partition coefficient (Wildman–Crippen LogP) is 4.83. The molecule has 1 N–H and O–H groups in total. The van der Waals surface area contributed by atoms with Gasteiger partial charge in [-0.2, -0.15) is 0 Å². The van der Waals surface area contributed by atoms with E-state index in [1.807, 2.05) is 24.4 Å². The van der Waals surface area contributed by atoms with Crippen LogP contribution >= 0.6 is 35.0 Å². The average molecular weight is 327 g/mol. The number of nitrogens with one attached hydrogen (secondary N) is 1.